The Morgan fingerprint density at radius 2 is 2.16 bits per heavy atom. The molecule has 1 amide bonds. The minimum atomic E-state index is -0.563. The van der Waals surface area contributed by atoms with Gasteiger partial charge >= 0.3 is 0 Å². The predicted octanol–water partition coefficient (Wildman–Crippen LogP) is 2.97. The molecule has 5 aromatic rings. The number of aromatic nitrogens is 6. The number of hydrogen-bond donors (Lipinski definition) is 2. The maximum absolute atomic E-state index is 14.7. The molecule has 10 heteroatoms. The number of aromatic hydroxyl groups is 1. The number of carbonyl (C=O) groups excluding carboxylic acids is 1. The number of anilines is 1. The van der Waals surface area contributed by atoms with Crippen LogP contribution in [0.4, 0.5) is 10.2 Å². The van der Waals surface area contributed by atoms with Crippen LogP contribution in [0.2, 0.25) is 0 Å². The molecule has 1 aliphatic carbocycles. The zero-order valence-corrected chi connectivity index (χ0v) is 17.0. The SMILES string of the molecule is Cn1ncc(O)c1-c1cc2cc(NC(=O)[C@H]3C[C@H]3c3cn4ccccc4n3)nn2cc1F. The van der Waals surface area contributed by atoms with E-state index in [2.05, 4.69) is 20.5 Å². The minimum absolute atomic E-state index is 0.0730. The van der Waals surface area contributed by atoms with Crippen molar-refractivity contribution in [3.8, 4) is 17.0 Å². The van der Waals surface area contributed by atoms with E-state index in [4.69, 9.17) is 0 Å². The molecule has 5 heterocycles. The summed E-state index contributed by atoms with van der Waals surface area (Å²) in [5, 5.41) is 21.0. The van der Waals surface area contributed by atoms with Gasteiger partial charge < -0.3 is 14.8 Å². The molecule has 2 N–H and O–H groups in total. The summed E-state index contributed by atoms with van der Waals surface area (Å²) in [6.45, 7) is 0. The molecule has 0 aliphatic heterocycles. The summed E-state index contributed by atoms with van der Waals surface area (Å²) in [6.07, 6.45) is 7.08. The van der Waals surface area contributed by atoms with E-state index in [1.54, 1.807) is 19.2 Å². The highest BCUT2D eigenvalue weighted by Gasteiger charge is 2.45. The number of nitrogens with zero attached hydrogens (tertiary/aromatic N) is 6. The lowest BCUT2D eigenvalue weighted by Gasteiger charge is -2.05. The van der Waals surface area contributed by atoms with Crippen LogP contribution >= 0.6 is 0 Å². The molecule has 2 atom stereocenters. The number of amides is 1. The van der Waals surface area contributed by atoms with Gasteiger partial charge in [0.2, 0.25) is 5.91 Å². The molecule has 1 aliphatic rings. The van der Waals surface area contributed by atoms with E-state index in [1.807, 2.05) is 35.0 Å². The van der Waals surface area contributed by atoms with Gasteiger partial charge in [0.05, 0.1) is 23.6 Å². The third-order valence-corrected chi connectivity index (χ3v) is 5.87. The van der Waals surface area contributed by atoms with Crippen molar-refractivity contribution in [2.45, 2.75) is 12.3 Å². The molecule has 6 rings (SSSR count). The summed E-state index contributed by atoms with van der Waals surface area (Å²) in [5.41, 5.74) is 2.79. The fourth-order valence-corrected chi connectivity index (χ4v) is 4.16. The Bertz CT molecular complexity index is 1460. The van der Waals surface area contributed by atoms with Crippen molar-refractivity contribution >= 4 is 22.9 Å². The molecule has 0 saturated heterocycles. The number of pyridine rings is 2. The maximum Gasteiger partial charge on any atom is 0.229 e. The standard InChI is InChI=1S/C22H18FN7O2/c1-28-21(18(31)9-24-28)15-6-12-7-19(27-30(12)10-16(15)23)26-22(32)14-8-13(14)17-11-29-5-3-2-4-20(29)25-17/h2-7,9-11,13-14,31H,8H2,1H3,(H,26,27,32)/t13-,14+/m1/s1. The van der Waals surface area contributed by atoms with Crippen LogP contribution in [0.25, 0.3) is 22.4 Å². The Balaban J connectivity index is 1.23. The average molecular weight is 431 g/mol. The summed E-state index contributed by atoms with van der Waals surface area (Å²) in [4.78, 5) is 17.3. The molecular weight excluding hydrogens is 413 g/mol. The van der Waals surface area contributed by atoms with Crippen LogP contribution in [0.15, 0.2) is 55.1 Å². The average Bonchev–Trinajstić information content (AvgIpc) is 3.13. The van der Waals surface area contributed by atoms with Crippen LogP contribution in [0.5, 0.6) is 5.75 Å². The van der Waals surface area contributed by atoms with Gasteiger partial charge in [-0.25, -0.2) is 13.9 Å². The van der Waals surface area contributed by atoms with E-state index in [-0.39, 0.29) is 34.7 Å². The van der Waals surface area contributed by atoms with Gasteiger partial charge in [-0.2, -0.15) is 5.10 Å². The Morgan fingerprint density at radius 1 is 1.28 bits per heavy atom. The number of nitrogens with one attached hydrogen (secondary N) is 1. The van der Waals surface area contributed by atoms with Crippen molar-refractivity contribution in [2.24, 2.45) is 13.0 Å². The molecule has 0 spiro atoms. The van der Waals surface area contributed by atoms with Crippen molar-refractivity contribution in [3.63, 3.8) is 0 Å². The number of hydrogen-bond acceptors (Lipinski definition) is 5. The first-order valence-electron chi connectivity index (χ1n) is 10.1. The van der Waals surface area contributed by atoms with Gasteiger partial charge in [-0.1, -0.05) is 6.07 Å². The molecule has 160 valence electrons. The Kier molecular flexibility index (Phi) is 3.85. The van der Waals surface area contributed by atoms with Crippen LogP contribution < -0.4 is 5.32 Å². The highest BCUT2D eigenvalue weighted by Crippen LogP contribution is 2.47. The molecule has 5 aromatic heterocycles. The third-order valence-electron chi connectivity index (χ3n) is 5.87. The quantitative estimate of drug-likeness (QED) is 0.456. The number of imidazole rings is 1. The number of carbonyl (C=O) groups is 1. The molecule has 0 bridgehead atoms. The Morgan fingerprint density at radius 3 is 2.94 bits per heavy atom. The second-order valence-electron chi connectivity index (χ2n) is 8.01. The summed E-state index contributed by atoms with van der Waals surface area (Å²) >= 11 is 0. The highest BCUT2D eigenvalue weighted by molar-refractivity contribution is 5.95. The molecule has 0 unspecified atom stereocenters. The van der Waals surface area contributed by atoms with Crippen molar-refractivity contribution in [3.05, 3.63) is 66.6 Å². The van der Waals surface area contributed by atoms with E-state index in [0.717, 1.165) is 17.8 Å². The van der Waals surface area contributed by atoms with E-state index >= 15 is 0 Å². The second kappa shape index (κ2) is 6.64. The van der Waals surface area contributed by atoms with Gasteiger partial charge in [-0.15, -0.1) is 5.10 Å². The second-order valence-corrected chi connectivity index (χ2v) is 8.01. The highest BCUT2D eigenvalue weighted by atomic mass is 19.1. The van der Waals surface area contributed by atoms with E-state index < -0.39 is 5.82 Å². The topological polar surface area (TPSA) is 102 Å². The Labute approximate surface area is 180 Å². The smallest absolute Gasteiger partial charge is 0.229 e. The molecule has 1 fully saturated rings. The largest absolute Gasteiger partial charge is 0.504 e. The maximum atomic E-state index is 14.7. The molecule has 9 nitrogen and oxygen atoms in total. The lowest BCUT2D eigenvalue weighted by atomic mass is 10.1. The van der Waals surface area contributed by atoms with Crippen molar-refractivity contribution in [1.82, 2.24) is 28.8 Å². The monoisotopic (exact) mass is 431 g/mol. The molecule has 1 saturated carbocycles. The molecular formula is C22H18FN7O2. The van der Waals surface area contributed by atoms with E-state index in [9.17, 15) is 14.3 Å². The third kappa shape index (κ3) is 2.91. The fourth-order valence-electron chi connectivity index (χ4n) is 4.16. The van der Waals surface area contributed by atoms with E-state index in [0.29, 0.717) is 11.3 Å². The van der Waals surface area contributed by atoms with Gasteiger partial charge in [-0.05, 0) is 24.6 Å². The predicted molar refractivity (Wildman–Crippen MR) is 114 cm³/mol. The molecule has 0 aromatic carbocycles. The van der Waals surface area contributed by atoms with Gasteiger partial charge in [0.25, 0.3) is 0 Å². The molecule has 32 heavy (non-hydrogen) atoms. The summed E-state index contributed by atoms with van der Waals surface area (Å²) < 4.78 is 19.4. The minimum Gasteiger partial charge on any atom is -0.504 e. The van der Waals surface area contributed by atoms with Crippen LogP contribution in [0, 0.1) is 11.7 Å². The lowest BCUT2D eigenvalue weighted by Crippen LogP contribution is -2.15. The number of fused-ring (bicyclic) bond motifs is 2. The van der Waals surface area contributed by atoms with Gasteiger partial charge in [0.1, 0.15) is 11.3 Å². The van der Waals surface area contributed by atoms with Crippen LogP contribution in [0.3, 0.4) is 0 Å². The first kappa shape index (κ1) is 18.6. The first-order chi connectivity index (χ1) is 15.5. The van der Waals surface area contributed by atoms with Gasteiger partial charge in [0.15, 0.2) is 17.4 Å². The number of halogens is 1. The van der Waals surface area contributed by atoms with Crippen molar-refractivity contribution < 1.29 is 14.3 Å². The summed E-state index contributed by atoms with van der Waals surface area (Å²) in [7, 11) is 1.62. The van der Waals surface area contributed by atoms with Crippen molar-refractivity contribution in [1.29, 1.82) is 0 Å². The summed E-state index contributed by atoms with van der Waals surface area (Å²) in [5.74, 6) is -0.587. The normalized spacial score (nSPS) is 17.8. The zero-order valence-electron chi connectivity index (χ0n) is 17.0. The fraction of sp³-hybridized carbons (Fsp3) is 0.182. The van der Waals surface area contributed by atoms with Crippen LogP contribution in [0.1, 0.15) is 18.0 Å². The van der Waals surface area contributed by atoms with Gasteiger partial charge in [-0.3, -0.25) is 9.48 Å². The Hall–Kier alpha value is -4.21. The van der Waals surface area contributed by atoms with Crippen LogP contribution in [-0.2, 0) is 11.8 Å². The van der Waals surface area contributed by atoms with Crippen molar-refractivity contribution in [2.75, 3.05) is 5.32 Å². The first-order valence-corrected chi connectivity index (χ1v) is 10.1. The summed E-state index contributed by atoms with van der Waals surface area (Å²) in [6, 6.07) is 9.01. The molecule has 0 radical (unpaired) electrons. The lowest BCUT2D eigenvalue weighted by molar-refractivity contribution is -0.117. The van der Waals surface area contributed by atoms with Crippen LogP contribution in [-0.4, -0.2) is 39.8 Å². The van der Waals surface area contributed by atoms with Gasteiger partial charge in [0, 0.05) is 42.9 Å². The number of aryl methyl sites for hydroxylation is 1. The van der Waals surface area contributed by atoms with E-state index in [1.165, 1.54) is 21.6 Å². The zero-order chi connectivity index (χ0) is 22.0. The number of rotatable bonds is 4.